The van der Waals surface area contributed by atoms with E-state index in [1.54, 1.807) is 12.1 Å². The second-order valence-corrected chi connectivity index (χ2v) is 9.85. The first kappa shape index (κ1) is 23.9. The van der Waals surface area contributed by atoms with E-state index >= 15 is 0 Å². The second-order valence-electron chi connectivity index (χ2n) is 7.91. The molecule has 1 heterocycles. The number of sulfonamides is 1. The summed E-state index contributed by atoms with van der Waals surface area (Å²) in [7, 11) is -3.63. The zero-order chi connectivity index (χ0) is 23.1. The van der Waals surface area contributed by atoms with Gasteiger partial charge in [-0.15, -0.1) is 0 Å². The number of nitrogens with zero attached hydrogens (tertiary/aromatic N) is 1. The third-order valence-electron chi connectivity index (χ3n) is 5.04. The first-order valence-electron chi connectivity index (χ1n) is 10.6. The van der Waals surface area contributed by atoms with Gasteiger partial charge < -0.3 is 15.4 Å². The lowest BCUT2D eigenvalue weighted by molar-refractivity contribution is -0.120. The van der Waals surface area contributed by atoms with E-state index in [-0.39, 0.29) is 48.3 Å². The summed E-state index contributed by atoms with van der Waals surface area (Å²) < 4.78 is 32.8. The molecule has 0 aromatic heterocycles. The van der Waals surface area contributed by atoms with Crippen LogP contribution in [-0.4, -0.2) is 56.4 Å². The van der Waals surface area contributed by atoms with E-state index < -0.39 is 10.0 Å². The first-order valence-corrected chi connectivity index (χ1v) is 12.0. The predicted octanol–water partition coefficient (Wildman–Crippen LogP) is 2.17. The van der Waals surface area contributed by atoms with Gasteiger partial charge in [0.1, 0.15) is 0 Å². The molecule has 2 aromatic rings. The minimum atomic E-state index is -3.63. The Hall–Kier alpha value is -2.75. The Morgan fingerprint density at radius 3 is 2.22 bits per heavy atom. The number of benzene rings is 2. The average molecular weight is 460 g/mol. The highest BCUT2D eigenvalue weighted by atomic mass is 32.2. The minimum absolute atomic E-state index is 0.115. The molecule has 32 heavy (non-hydrogen) atoms. The molecule has 8 nitrogen and oxygen atoms in total. The molecule has 9 heteroatoms. The average Bonchev–Trinajstić information content (AvgIpc) is 2.74. The van der Waals surface area contributed by atoms with Gasteiger partial charge >= 0.3 is 0 Å². The van der Waals surface area contributed by atoms with E-state index in [9.17, 15) is 18.0 Å². The topological polar surface area (TPSA) is 105 Å². The van der Waals surface area contributed by atoms with Gasteiger partial charge in [-0.25, -0.2) is 8.42 Å². The van der Waals surface area contributed by atoms with Crippen LogP contribution in [0.3, 0.4) is 0 Å². The Balaban J connectivity index is 1.47. The van der Waals surface area contributed by atoms with Gasteiger partial charge in [-0.05, 0) is 43.7 Å². The van der Waals surface area contributed by atoms with Gasteiger partial charge in [0, 0.05) is 31.7 Å². The largest absolute Gasteiger partial charge is 0.373 e. The summed E-state index contributed by atoms with van der Waals surface area (Å²) in [6.45, 7) is 4.53. The molecule has 2 unspecified atom stereocenters. The molecular weight excluding hydrogens is 430 g/mol. The number of hydrogen-bond acceptors (Lipinski definition) is 5. The molecule has 1 aliphatic rings. The van der Waals surface area contributed by atoms with E-state index in [2.05, 4.69) is 10.6 Å². The van der Waals surface area contributed by atoms with Crippen LogP contribution in [0.15, 0.2) is 59.5 Å². The van der Waals surface area contributed by atoms with Crippen LogP contribution in [-0.2, 0) is 30.8 Å². The second kappa shape index (κ2) is 10.7. The van der Waals surface area contributed by atoms with Gasteiger partial charge in [-0.3, -0.25) is 9.59 Å². The summed E-state index contributed by atoms with van der Waals surface area (Å²) in [6.07, 6.45) is 0.0454. The molecule has 2 amide bonds. The number of hydrogen-bond donors (Lipinski definition) is 2. The van der Waals surface area contributed by atoms with Crippen LogP contribution < -0.4 is 10.6 Å². The molecule has 0 aliphatic carbocycles. The molecule has 0 saturated carbocycles. The van der Waals surface area contributed by atoms with Crippen LogP contribution in [0.1, 0.15) is 25.8 Å². The molecule has 0 bridgehead atoms. The van der Waals surface area contributed by atoms with Crippen LogP contribution >= 0.6 is 0 Å². The number of ether oxygens (including phenoxy) is 1. The van der Waals surface area contributed by atoms with E-state index in [1.807, 2.05) is 44.2 Å². The Morgan fingerprint density at radius 1 is 0.969 bits per heavy atom. The number of anilines is 1. The lowest BCUT2D eigenvalue weighted by Crippen LogP contribution is -2.48. The highest BCUT2D eigenvalue weighted by Gasteiger charge is 2.32. The van der Waals surface area contributed by atoms with Gasteiger partial charge in [0.25, 0.3) is 0 Å². The molecule has 1 fully saturated rings. The van der Waals surface area contributed by atoms with Crippen LogP contribution in [0.2, 0.25) is 0 Å². The third-order valence-corrected chi connectivity index (χ3v) is 6.89. The smallest absolute Gasteiger partial charge is 0.243 e. The maximum atomic E-state index is 12.9. The number of morpholine rings is 1. The maximum absolute atomic E-state index is 12.9. The van der Waals surface area contributed by atoms with Crippen molar-refractivity contribution >= 4 is 27.5 Å². The number of amides is 2. The molecular formula is C23H29N3O5S. The normalized spacial score (nSPS) is 19.3. The van der Waals surface area contributed by atoms with E-state index in [1.165, 1.54) is 16.4 Å². The quantitative estimate of drug-likeness (QED) is 0.630. The fourth-order valence-electron chi connectivity index (χ4n) is 3.57. The Kier molecular flexibility index (Phi) is 8.00. The van der Waals surface area contributed by atoms with E-state index in [0.717, 1.165) is 5.56 Å². The summed E-state index contributed by atoms with van der Waals surface area (Å²) in [5.41, 5.74) is 1.40. The van der Waals surface area contributed by atoms with Gasteiger partial charge in [-0.2, -0.15) is 4.31 Å². The maximum Gasteiger partial charge on any atom is 0.243 e. The van der Waals surface area contributed by atoms with Crippen molar-refractivity contribution in [2.45, 2.75) is 43.8 Å². The predicted molar refractivity (Wildman–Crippen MR) is 122 cm³/mol. The standard InChI is InChI=1S/C23H29N3O5S/c1-17-15-26(16-18(2)31-17)32(29,30)21-10-8-20(9-11-21)25-22(27)12-13-24-23(28)14-19-6-4-3-5-7-19/h3-11,17-18H,12-16H2,1-2H3,(H,24,28)(H,25,27). The van der Waals surface area contributed by atoms with Crippen molar-refractivity contribution < 1.29 is 22.7 Å². The summed E-state index contributed by atoms with van der Waals surface area (Å²) in [5.74, 6) is -0.415. The van der Waals surface area contributed by atoms with Crippen molar-refractivity contribution in [2.24, 2.45) is 0 Å². The summed E-state index contributed by atoms with van der Waals surface area (Å²) in [6, 6.07) is 15.5. The lowest BCUT2D eigenvalue weighted by Gasteiger charge is -2.34. The molecule has 2 atom stereocenters. The molecule has 2 aromatic carbocycles. The Bertz CT molecular complexity index is 1020. The molecule has 0 spiro atoms. The van der Waals surface area contributed by atoms with Crippen LogP contribution in [0.5, 0.6) is 0 Å². The fourth-order valence-corrected chi connectivity index (χ4v) is 5.16. The lowest BCUT2D eigenvalue weighted by atomic mass is 10.1. The first-order chi connectivity index (χ1) is 15.2. The number of rotatable bonds is 8. The van der Waals surface area contributed by atoms with Gasteiger partial charge in [0.15, 0.2) is 0 Å². The zero-order valence-electron chi connectivity index (χ0n) is 18.3. The van der Waals surface area contributed by atoms with Gasteiger partial charge in [0.05, 0.1) is 23.5 Å². The monoisotopic (exact) mass is 459 g/mol. The van der Waals surface area contributed by atoms with E-state index in [4.69, 9.17) is 4.74 Å². The molecule has 1 aliphatic heterocycles. The van der Waals surface area contributed by atoms with Crippen LogP contribution in [0.25, 0.3) is 0 Å². The van der Waals surface area contributed by atoms with Crippen molar-refractivity contribution in [1.29, 1.82) is 0 Å². The van der Waals surface area contributed by atoms with Crippen molar-refractivity contribution in [1.82, 2.24) is 9.62 Å². The number of carbonyl (C=O) groups excluding carboxylic acids is 2. The van der Waals surface area contributed by atoms with Crippen molar-refractivity contribution in [3.8, 4) is 0 Å². The van der Waals surface area contributed by atoms with Crippen LogP contribution in [0.4, 0.5) is 5.69 Å². The molecule has 172 valence electrons. The summed E-state index contributed by atoms with van der Waals surface area (Å²) in [5, 5.41) is 5.44. The Labute approximate surface area is 189 Å². The van der Waals surface area contributed by atoms with Crippen molar-refractivity contribution in [3.63, 3.8) is 0 Å². The number of nitrogens with one attached hydrogen (secondary N) is 2. The number of carbonyl (C=O) groups is 2. The molecule has 2 N–H and O–H groups in total. The summed E-state index contributed by atoms with van der Waals surface area (Å²) in [4.78, 5) is 24.3. The minimum Gasteiger partial charge on any atom is -0.373 e. The SMILES string of the molecule is CC1CN(S(=O)(=O)c2ccc(NC(=O)CCNC(=O)Cc3ccccc3)cc2)CC(C)O1. The van der Waals surface area contributed by atoms with E-state index in [0.29, 0.717) is 18.8 Å². The molecule has 0 radical (unpaired) electrons. The molecule has 1 saturated heterocycles. The van der Waals surface area contributed by atoms with Gasteiger partial charge in [0.2, 0.25) is 21.8 Å². The highest BCUT2D eigenvalue weighted by molar-refractivity contribution is 7.89. The Morgan fingerprint density at radius 2 is 1.59 bits per heavy atom. The third kappa shape index (κ3) is 6.62. The highest BCUT2D eigenvalue weighted by Crippen LogP contribution is 2.22. The van der Waals surface area contributed by atoms with Crippen LogP contribution in [0, 0.1) is 0 Å². The van der Waals surface area contributed by atoms with Crippen molar-refractivity contribution in [3.05, 3.63) is 60.2 Å². The van der Waals surface area contributed by atoms with Gasteiger partial charge in [-0.1, -0.05) is 30.3 Å². The zero-order valence-corrected chi connectivity index (χ0v) is 19.1. The summed E-state index contributed by atoms with van der Waals surface area (Å²) >= 11 is 0. The fraction of sp³-hybridized carbons (Fsp3) is 0.391. The molecule has 3 rings (SSSR count). The van der Waals surface area contributed by atoms with Crippen molar-refractivity contribution in [2.75, 3.05) is 25.0 Å².